The van der Waals surface area contributed by atoms with Crippen LogP contribution in [-0.4, -0.2) is 56.4 Å². The summed E-state index contributed by atoms with van der Waals surface area (Å²) in [5, 5.41) is 8.82. The van der Waals surface area contributed by atoms with Gasteiger partial charge in [-0.2, -0.15) is 0 Å². The van der Waals surface area contributed by atoms with Crippen LogP contribution >= 0.6 is 0 Å². The maximum Gasteiger partial charge on any atom is 0.124 e. The molecular weight excluding hydrogens is 410 g/mol. The van der Waals surface area contributed by atoms with Crippen LogP contribution in [0.25, 0.3) is 0 Å². The fraction of sp³-hybridized carbons (Fsp3) is 0.760. The van der Waals surface area contributed by atoms with Crippen molar-refractivity contribution in [3.05, 3.63) is 29.8 Å². The van der Waals surface area contributed by atoms with Crippen LogP contribution in [0.3, 0.4) is 0 Å². The summed E-state index contributed by atoms with van der Waals surface area (Å²) >= 11 is 0. The Morgan fingerprint density at radius 2 is 1.19 bits per heavy atom. The maximum atomic E-state index is 10.4. The highest BCUT2D eigenvalue weighted by Crippen LogP contribution is 2.12. The molecule has 0 spiro atoms. The minimum Gasteiger partial charge on any atom is -0.744 e. The third-order valence-electron chi connectivity index (χ3n) is 5.60. The van der Waals surface area contributed by atoms with E-state index in [1.165, 1.54) is 89.4 Å². The van der Waals surface area contributed by atoms with Crippen LogP contribution in [0.1, 0.15) is 89.5 Å². The molecule has 6 heteroatoms. The van der Waals surface area contributed by atoms with Crippen LogP contribution in [0, 0.1) is 6.92 Å². The Morgan fingerprint density at radius 1 is 0.774 bits per heavy atom. The van der Waals surface area contributed by atoms with Gasteiger partial charge in [-0.15, -0.1) is 0 Å². The zero-order valence-corrected chi connectivity index (χ0v) is 21.3. The van der Waals surface area contributed by atoms with Gasteiger partial charge in [0.1, 0.15) is 10.1 Å². The maximum absolute atomic E-state index is 10.4. The Morgan fingerprint density at radius 3 is 1.61 bits per heavy atom. The Hall–Kier alpha value is -0.950. The van der Waals surface area contributed by atoms with E-state index in [2.05, 4.69) is 21.0 Å². The van der Waals surface area contributed by atoms with Crippen LogP contribution in [0.2, 0.25) is 0 Å². The summed E-state index contributed by atoms with van der Waals surface area (Å²) in [6.45, 7) is 6.95. The highest BCUT2D eigenvalue weighted by Gasteiger charge is 2.13. The van der Waals surface area contributed by atoms with Gasteiger partial charge in [-0.3, -0.25) is 0 Å². The van der Waals surface area contributed by atoms with Crippen molar-refractivity contribution in [3.8, 4) is 0 Å². The van der Waals surface area contributed by atoms with Gasteiger partial charge in [0.15, 0.2) is 0 Å². The number of quaternary nitrogens is 1. The minimum atomic E-state index is -4.27. The van der Waals surface area contributed by atoms with E-state index in [9.17, 15) is 13.0 Å². The second-order valence-electron chi connectivity index (χ2n) is 9.26. The zero-order chi connectivity index (χ0) is 23.6. The number of hydrogen-bond acceptors (Lipinski definition) is 4. The molecule has 0 fully saturated rings. The average Bonchev–Trinajstić information content (AvgIpc) is 2.69. The number of rotatable bonds is 16. The van der Waals surface area contributed by atoms with Crippen molar-refractivity contribution >= 4 is 10.1 Å². The highest BCUT2D eigenvalue weighted by molar-refractivity contribution is 7.85. The number of aliphatic hydroxyl groups excluding tert-OH is 1. The summed E-state index contributed by atoms with van der Waals surface area (Å²) < 4.78 is 32.3. The molecule has 1 rings (SSSR count). The lowest BCUT2D eigenvalue weighted by Crippen LogP contribution is -2.41. The number of nitrogens with zero attached hydrogens (tertiary/aromatic N) is 1. The van der Waals surface area contributed by atoms with Crippen LogP contribution in [0.5, 0.6) is 0 Å². The predicted molar refractivity (Wildman–Crippen MR) is 129 cm³/mol. The molecule has 0 aliphatic rings. The molecule has 1 aromatic rings. The first-order chi connectivity index (χ1) is 14.6. The van der Waals surface area contributed by atoms with Gasteiger partial charge in [-0.1, -0.05) is 76.0 Å². The predicted octanol–water partition coefficient (Wildman–Crippen LogP) is 5.66. The fourth-order valence-electron chi connectivity index (χ4n) is 3.50. The van der Waals surface area contributed by atoms with E-state index in [4.69, 9.17) is 5.11 Å². The number of unbranched alkanes of at least 4 members (excludes halogenated alkanes) is 10. The molecule has 5 nitrogen and oxygen atoms in total. The Kier molecular flexibility index (Phi) is 17.0. The molecule has 0 aromatic heterocycles. The first-order valence-corrected chi connectivity index (χ1v) is 13.5. The number of aliphatic hydroxyl groups is 1. The van der Waals surface area contributed by atoms with E-state index in [1.54, 1.807) is 12.1 Å². The second-order valence-corrected chi connectivity index (χ2v) is 10.6. The molecule has 0 saturated carbocycles. The lowest BCUT2D eigenvalue weighted by Gasteiger charge is -2.29. The summed E-state index contributed by atoms with van der Waals surface area (Å²) in [5.74, 6) is 0. The molecule has 182 valence electrons. The number of aryl methyl sites for hydroxylation is 1. The van der Waals surface area contributed by atoms with Gasteiger partial charge in [0.05, 0.1) is 32.1 Å². The molecule has 0 aliphatic carbocycles. The largest absolute Gasteiger partial charge is 0.744 e. The van der Waals surface area contributed by atoms with E-state index in [1.807, 2.05) is 6.92 Å². The molecule has 0 saturated heterocycles. The average molecular weight is 458 g/mol. The molecule has 0 heterocycles. The van der Waals surface area contributed by atoms with Crippen LogP contribution in [0.15, 0.2) is 29.2 Å². The van der Waals surface area contributed by atoms with Gasteiger partial charge < -0.3 is 14.1 Å². The second kappa shape index (κ2) is 17.6. The standard InChI is InChI=1S/C18H40NO.C7H8O3S/c1-4-5-6-7-8-9-10-11-12-13-16-19(2,3)17-14-15-18-20;1-6-2-4-7(5-3-6)11(8,9)10/h20H,4-18H2,1-3H3;2-5H,1H3,(H,8,9,10)/q+1;/p-1. The lowest BCUT2D eigenvalue weighted by molar-refractivity contribution is -0.890. The van der Waals surface area contributed by atoms with Gasteiger partial charge in [0, 0.05) is 6.61 Å². The number of hydrogen-bond donors (Lipinski definition) is 1. The summed E-state index contributed by atoms with van der Waals surface area (Å²) in [6, 6.07) is 5.78. The van der Waals surface area contributed by atoms with E-state index >= 15 is 0 Å². The molecule has 0 bridgehead atoms. The molecule has 1 N–H and O–H groups in total. The van der Waals surface area contributed by atoms with Crippen molar-refractivity contribution in [1.82, 2.24) is 0 Å². The van der Waals surface area contributed by atoms with Gasteiger partial charge >= 0.3 is 0 Å². The van der Waals surface area contributed by atoms with Crippen molar-refractivity contribution in [2.75, 3.05) is 33.8 Å². The normalized spacial score (nSPS) is 11.8. The molecule has 1 aromatic carbocycles. The summed E-state index contributed by atoms with van der Waals surface area (Å²) in [4.78, 5) is -0.178. The summed E-state index contributed by atoms with van der Waals surface area (Å²) in [7, 11) is 0.379. The van der Waals surface area contributed by atoms with E-state index in [0.717, 1.165) is 22.9 Å². The van der Waals surface area contributed by atoms with Crippen molar-refractivity contribution < 1.29 is 22.6 Å². The van der Waals surface area contributed by atoms with E-state index in [-0.39, 0.29) is 4.90 Å². The monoisotopic (exact) mass is 457 g/mol. The van der Waals surface area contributed by atoms with Gasteiger partial charge in [-0.25, -0.2) is 8.42 Å². The zero-order valence-electron chi connectivity index (χ0n) is 20.4. The van der Waals surface area contributed by atoms with Gasteiger partial charge in [0.2, 0.25) is 0 Å². The van der Waals surface area contributed by atoms with Crippen molar-refractivity contribution in [3.63, 3.8) is 0 Å². The molecule has 0 atom stereocenters. The summed E-state index contributed by atoms with van der Waals surface area (Å²) in [6.07, 6.45) is 16.3. The van der Waals surface area contributed by atoms with E-state index < -0.39 is 10.1 Å². The Bertz CT molecular complexity index is 642. The topological polar surface area (TPSA) is 77.4 Å². The molecule has 0 radical (unpaired) electrons. The fourth-order valence-corrected chi connectivity index (χ4v) is 3.97. The van der Waals surface area contributed by atoms with Gasteiger partial charge in [-0.05, 0) is 44.7 Å². The van der Waals surface area contributed by atoms with Crippen molar-refractivity contribution in [2.45, 2.75) is 95.8 Å². The molecule has 31 heavy (non-hydrogen) atoms. The minimum absolute atomic E-state index is 0.178. The quantitative estimate of drug-likeness (QED) is 0.197. The number of benzene rings is 1. The Balaban J connectivity index is 0.000000683. The van der Waals surface area contributed by atoms with Gasteiger partial charge in [0.25, 0.3) is 0 Å². The van der Waals surface area contributed by atoms with Crippen molar-refractivity contribution in [2.24, 2.45) is 0 Å². The van der Waals surface area contributed by atoms with Crippen LogP contribution in [-0.2, 0) is 10.1 Å². The summed E-state index contributed by atoms with van der Waals surface area (Å²) in [5.41, 5.74) is 0.928. The molecule has 0 unspecified atom stereocenters. The van der Waals surface area contributed by atoms with Crippen LogP contribution < -0.4 is 0 Å². The molecule has 0 aliphatic heterocycles. The SMILES string of the molecule is CCCCCCCCCCCC[N+](C)(C)CCCCO.Cc1ccc(S(=O)(=O)[O-])cc1. The lowest BCUT2D eigenvalue weighted by atomic mass is 10.1. The first-order valence-electron chi connectivity index (χ1n) is 12.1. The Labute approximate surface area is 192 Å². The van der Waals surface area contributed by atoms with E-state index in [0.29, 0.717) is 6.61 Å². The van der Waals surface area contributed by atoms with Crippen LogP contribution in [0.4, 0.5) is 0 Å². The third kappa shape index (κ3) is 18.3. The molecule has 0 amide bonds. The molecular formula is C25H47NO4S. The first kappa shape index (κ1) is 30.0. The third-order valence-corrected chi connectivity index (χ3v) is 6.45. The highest BCUT2D eigenvalue weighted by atomic mass is 32.2. The van der Waals surface area contributed by atoms with Crippen molar-refractivity contribution in [1.29, 1.82) is 0 Å². The smallest absolute Gasteiger partial charge is 0.124 e.